The minimum atomic E-state index is -0.708. The van der Waals surface area contributed by atoms with Crippen molar-refractivity contribution in [3.05, 3.63) is 22.2 Å². The van der Waals surface area contributed by atoms with E-state index < -0.39 is 5.60 Å². The van der Waals surface area contributed by atoms with Crippen molar-refractivity contribution in [3.63, 3.8) is 0 Å². The molecule has 0 saturated carbocycles. The SMILES string of the molecule is Cc1nc(C=CC(=O)N2CC(O)(C(C)C)C2)cs1. The number of aromatic nitrogens is 1. The fraction of sp³-hybridized carbons (Fsp3) is 0.538. The Morgan fingerprint density at radius 1 is 1.61 bits per heavy atom. The molecule has 4 nitrogen and oxygen atoms in total. The molecule has 0 unspecified atom stereocenters. The van der Waals surface area contributed by atoms with E-state index in [-0.39, 0.29) is 11.8 Å². The average Bonchev–Trinajstić information content (AvgIpc) is 2.67. The molecule has 0 radical (unpaired) electrons. The Balaban J connectivity index is 1.89. The van der Waals surface area contributed by atoms with E-state index in [2.05, 4.69) is 4.98 Å². The Morgan fingerprint density at radius 3 is 2.78 bits per heavy atom. The van der Waals surface area contributed by atoms with E-state index in [1.807, 2.05) is 26.2 Å². The summed E-state index contributed by atoms with van der Waals surface area (Å²) >= 11 is 1.56. The highest BCUT2D eigenvalue weighted by Crippen LogP contribution is 2.28. The number of β-amino-alcohol motifs (C(OH)–C–C–N with tert-alkyl or cyclic N) is 1. The van der Waals surface area contributed by atoms with Crippen LogP contribution in [-0.2, 0) is 4.79 Å². The minimum Gasteiger partial charge on any atom is -0.386 e. The second kappa shape index (κ2) is 4.82. The van der Waals surface area contributed by atoms with E-state index in [0.29, 0.717) is 13.1 Å². The Morgan fingerprint density at radius 2 is 2.28 bits per heavy atom. The van der Waals surface area contributed by atoms with Gasteiger partial charge in [-0.05, 0) is 18.9 Å². The summed E-state index contributed by atoms with van der Waals surface area (Å²) in [6.45, 7) is 6.71. The predicted octanol–water partition coefficient (Wildman–Crippen LogP) is 1.69. The third-order valence-corrected chi connectivity index (χ3v) is 4.14. The van der Waals surface area contributed by atoms with Gasteiger partial charge in [-0.2, -0.15) is 0 Å². The van der Waals surface area contributed by atoms with Gasteiger partial charge in [0, 0.05) is 11.5 Å². The second-order valence-corrected chi connectivity index (χ2v) is 6.14. The molecule has 1 saturated heterocycles. The molecule has 0 spiro atoms. The van der Waals surface area contributed by atoms with Crippen LogP contribution in [0.4, 0.5) is 0 Å². The Hall–Kier alpha value is -1.20. The number of hydrogen-bond donors (Lipinski definition) is 1. The largest absolute Gasteiger partial charge is 0.386 e. The molecule has 98 valence electrons. The van der Waals surface area contributed by atoms with Crippen LogP contribution in [0.1, 0.15) is 24.5 Å². The van der Waals surface area contributed by atoms with Gasteiger partial charge in [0.25, 0.3) is 0 Å². The second-order valence-electron chi connectivity index (χ2n) is 5.08. The van der Waals surface area contributed by atoms with Crippen LogP contribution in [0.5, 0.6) is 0 Å². The predicted molar refractivity (Wildman–Crippen MR) is 72.3 cm³/mol. The molecule has 1 aromatic rings. The summed E-state index contributed by atoms with van der Waals surface area (Å²) in [5.41, 5.74) is 0.103. The third-order valence-electron chi connectivity index (χ3n) is 3.35. The van der Waals surface area contributed by atoms with Crippen LogP contribution in [0, 0.1) is 12.8 Å². The zero-order valence-electron chi connectivity index (χ0n) is 10.9. The molecule has 2 rings (SSSR count). The smallest absolute Gasteiger partial charge is 0.246 e. The first kappa shape index (κ1) is 13.2. The Kier molecular flexibility index (Phi) is 3.54. The molecule has 1 N–H and O–H groups in total. The van der Waals surface area contributed by atoms with Crippen LogP contribution in [0.2, 0.25) is 0 Å². The van der Waals surface area contributed by atoms with E-state index >= 15 is 0 Å². The molecule has 2 heterocycles. The fourth-order valence-electron chi connectivity index (χ4n) is 1.85. The molecule has 0 bridgehead atoms. The topological polar surface area (TPSA) is 53.4 Å². The van der Waals surface area contributed by atoms with E-state index in [1.165, 1.54) is 6.08 Å². The third kappa shape index (κ3) is 2.62. The molecule has 1 aliphatic heterocycles. The highest BCUT2D eigenvalue weighted by atomic mass is 32.1. The summed E-state index contributed by atoms with van der Waals surface area (Å²) in [4.78, 5) is 17.7. The first-order valence-corrected chi connectivity index (χ1v) is 6.90. The van der Waals surface area contributed by atoms with E-state index in [0.717, 1.165) is 10.7 Å². The van der Waals surface area contributed by atoms with Crippen LogP contribution in [0.3, 0.4) is 0 Å². The van der Waals surface area contributed by atoms with Crippen molar-refractivity contribution in [1.82, 2.24) is 9.88 Å². The lowest BCUT2D eigenvalue weighted by Crippen LogP contribution is -2.65. The summed E-state index contributed by atoms with van der Waals surface area (Å²) in [5, 5.41) is 13.0. The first-order chi connectivity index (χ1) is 8.40. The minimum absolute atomic E-state index is 0.0639. The maximum Gasteiger partial charge on any atom is 0.246 e. The van der Waals surface area contributed by atoms with Crippen LogP contribution in [-0.4, -0.2) is 39.6 Å². The molecule has 1 aliphatic rings. The van der Waals surface area contributed by atoms with Gasteiger partial charge in [-0.3, -0.25) is 4.79 Å². The Labute approximate surface area is 111 Å². The van der Waals surface area contributed by atoms with Gasteiger partial charge in [-0.25, -0.2) is 4.98 Å². The number of nitrogens with zero attached hydrogens (tertiary/aromatic N) is 2. The lowest BCUT2D eigenvalue weighted by atomic mass is 9.83. The summed E-state index contributed by atoms with van der Waals surface area (Å²) in [6, 6.07) is 0. The summed E-state index contributed by atoms with van der Waals surface area (Å²) in [6.07, 6.45) is 3.24. The lowest BCUT2D eigenvalue weighted by molar-refractivity contribution is -0.158. The summed E-state index contributed by atoms with van der Waals surface area (Å²) in [5.74, 6) is 0.109. The molecular weight excluding hydrogens is 248 g/mol. The van der Waals surface area contributed by atoms with Crippen molar-refractivity contribution in [1.29, 1.82) is 0 Å². The summed E-state index contributed by atoms with van der Waals surface area (Å²) in [7, 11) is 0. The average molecular weight is 266 g/mol. The zero-order valence-corrected chi connectivity index (χ0v) is 11.7. The van der Waals surface area contributed by atoms with Gasteiger partial charge in [-0.15, -0.1) is 11.3 Å². The van der Waals surface area contributed by atoms with Crippen molar-refractivity contribution < 1.29 is 9.90 Å². The van der Waals surface area contributed by atoms with Crippen molar-refractivity contribution >= 4 is 23.3 Å². The Bertz CT molecular complexity index is 473. The molecule has 1 fully saturated rings. The number of aliphatic hydroxyl groups is 1. The number of amides is 1. The van der Waals surface area contributed by atoms with Crippen molar-refractivity contribution in [3.8, 4) is 0 Å². The van der Waals surface area contributed by atoms with Crippen molar-refractivity contribution in [2.75, 3.05) is 13.1 Å². The van der Waals surface area contributed by atoms with Gasteiger partial charge >= 0.3 is 0 Å². The number of likely N-dealkylation sites (tertiary alicyclic amines) is 1. The van der Waals surface area contributed by atoms with Gasteiger partial charge in [0.15, 0.2) is 0 Å². The number of thiazole rings is 1. The fourth-order valence-corrected chi connectivity index (χ4v) is 2.44. The molecule has 0 aromatic carbocycles. The molecule has 1 amide bonds. The molecule has 1 aromatic heterocycles. The highest BCUT2D eigenvalue weighted by Gasteiger charge is 2.45. The zero-order chi connectivity index (χ0) is 13.3. The normalized spacial score (nSPS) is 18.4. The van der Waals surface area contributed by atoms with Crippen LogP contribution < -0.4 is 0 Å². The van der Waals surface area contributed by atoms with Crippen LogP contribution in [0.25, 0.3) is 6.08 Å². The number of rotatable bonds is 3. The van der Waals surface area contributed by atoms with E-state index in [1.54, 1.807) is 22.3 Å². The van der Waals surface area contributed by atoms with Crippen molar-refractivity contribution in [2.24, 2.45) is 5.92 Å². The van der Waals surface area contributed by atoms with Gasteiger partial charge in [0.05, 0.1) is 23.8 Å². The lowest BCUT2D eigenvalue weighted by Gasteiger charge is -2.48. The van der Waals surface area contributed by atoms with Gasteiger partial charge in [-0.1, -0.05) is 13.8 Å². The standard InChI is InChI=1S/C13H18N2O2S/c1-9(2)13(17)7-15(8-13)12(16)5-4-11-6-18-10(3)14-11/h4-6,9,17H,7-8H2,1-3H3. The highest BCUT2D eigenvalue weighted by molar-refractivity contribution is 7.09. The molecule has 18 heavy (non-hydrogen) atoms. The number of carbonyl (C=O) groups excluding carboxylic acids is 1. The maximum atomic E-state index is 11.8. The van der Waals surface area contributed by atoms with Crippen LogP contribution >= 0.6 is 11.3 Å². The number of aryl methyl sites for hydroxylation is 1. The van der Waals surface area contributed by atoms with Gasteiger partial charge in [0.2, 0.25) is 5.91 Å². The number of hydrogen-bond acceptors (Lipinski definition) is 4. The monoisotopic (exact) mass is 266 g/mol. The maximum absolute atomic E-state index is 11.8. The molecular formula is C13H18N2O2S. The van der Waals surface area contributed by atoms with Gasteiger partial charge in [0.1, 0.15) is 5.60 Å². The first-order valence-electron chi connectivity index (χ1n) is 6.02. The molecule has 0 aliphatic carbocycles. The number of carbonyl (C=O) groups is 1. The van der Waals surface area contributed by atoms with E-state index in [4.69, 9.17) is 0 Å². The van der Waals surface area contributed by atoms with E-state index in [9.17, 15) is 9.90 Å². The van der Waals surface area contributed by atoms with Crippen LogP contribution in [0.15, 0.2) is 11.5 Å². The van der Waals surface area contributed by atoms with Gasteiger partial charge < -0.3 is 10.0 Å². The molecule has 5 heteroatoms. The molecule has 0 atom stereocenters. The quantitative estimate of drug-likeness (QED) is 0.847. The summed E-state index contributed by atoms with van der Waals surface area (Å²) < 4.78 is 0. The van der Waals surface area contributed by atoms with Crippen molar-refractivity contribution in [2.45, 2.75) is 26.4 Å².